The second-order valence-corrected chi connectivity index (χ2v) is 8.92. The standard InChI is InChI=1S/C21H26BrN5O2/c1-13-12-26(14(2)28)7-8-27(13)16-5-3-15(4-6-16)25-21-20(22)18-9-17(10-23)29-19(18)11-24-21/h9,11,13,15-16H,3-8,12H2,1-2H3,(H,24,25)/t13-,15?,16?/m1/s1. The second-order valence-electron chi connectivity index (χ2n) is 8.12. The molecule has 1 atom stereocenters. The first-order chi connectivity index (χ1) is 14.0. The average molecular weight is 460 g/mol. The van der Waals surface area contributed by atoms with E-state index < -0.39 is 0 Å². The van der Waals surface area contributed by atoms with Crippen LogP contribution in [0.2, 0.25) is 0 Å². The van der Waals surface area contributed by atoms with Gasteiger partial charge in [-0.15, -0.1) is 0 Å². The molecular weight excluding hydrogens is 434 g/mol. The fraction of sp³-hybridized carbons (Fsp3) is 0.571. The number of furan rings is 1. The molecule has 1 amide bonds. The minimum Gasteiger partial charge on any atom is -0.444 e. The smallest absolute Gasteiger partial charge is 0.219 e. The number of fused-ring (bicyclic) bond motifs is 1. The van der Waals surface area contributed by atoms with E-state index in [2.05, 4.69) is 38.1 Å². The first-order valence-electron chi connectivity index (χ1n) is 10.2. The lowest BCUT2D eigenvalue weighted by molar-refractivity contribution is -0.132. The maximum Gasteiger partial charge on any atom is 0.219 e. The number of pyridine rings is 1. The predicted molar refractivity (Wildman–Crippen MR) is 115 cm³/mol. The van der Waals surface area contributed by atoms with Gasteiger partial charge in [0, 0.05) is 56.1 Å². The van der Waals surface area contributed by atoms with Crippen LogP contribution in [0.4, 0.5) is 5.82 Å². The van der Waals surface area contributed by atoms with E-state index in [-0.39, 0.29) is 5.91 Å². The Morgan fingerprint density at radius 2 is 2.10 bits per heavy atom. The molecule has 0 spiro atoms. The molecule has 1 saturated carbocycles. The first kappa shape index (κ1) is 20.2. The van der Waals surface area contributed by atoms with E-state index in [1.54, 1.807) is 19.2 Å². The van der Waals surface area contributed by atoms with Crippen LogP contribution < -0.4 is 5.32 Å². The molecule has 0 aromatic carbocycles. The van der Waals surface area contributed by atoms with Gasteiger partial charge in [-0.2, -0.15) is 5.26 Å². The molecule has 2 fully saturated rings. The van der Waals surface area contributed by atoms with Gasteiger partial charge in [0.2, 0.25) is 11.7 Å². The van der Waals surface area contributed by atoms with E-state index >= 15 is 0 Å². The zero-order valence-electron chi connectivity index (χ0n) is 16.8. The maximum absolute atomic E-state index is 11.6. The summed E-state index contributed by atoms with van der Waals surface area (Å²) in [6.45, 7) is 6.53. The molecular formula is C21H26BrN5O2. The van der Waals surface area contributed by atoms with Gasteiger partial charge in [0.1, 0.15) is 11.9 Å². The van der Waals surface area contributed by atoms with Crippen LogP contribution >= 0.6 is 15.9 Å². The number of nitrogens with zero attached hydrogens (tertiary/aromatic N) is 4. The molecule has 2 aromatic heterocycles. The van der Waals surface area contributed by atoms with Gasteiger partial charge in [0.25, 0.3) is 0 Å². The van der Waals surface area contributed by atoms with Gasteiger partial charge in [-0.25, -0.2) is 4.98 Å². The van der Waals surface area contributed by atoms with E-state index in [4.69, 9.17) is 9.68 Å². The largest absolute Gasteiger partial charge is 0.444 e. The number of nitrogens with one attached hydrogen (secondary N) is 1. The zero-order valence-corrected chi connectivity index (χ0v) is 18.4. The van der Waals surface area contributed by atoms with Crippen molar-refractivity contribution in [2.45, 2.75) is 57.7 Å². The van der Waals surface area contributed by atoms with Crippen molar-refractivity contribution in [3.05, 3.63) is 22.5 Å². The SMILES string of the molecule is CC(=O)N1CCN(C2CCC(Nc3ncc4oc(C#N)cc4c3Br)CC2)[C@H](C)C1. The van der Waals surface area contributed by atoms with Crippen molar-refractivity contribution in [1.82, 2.24) is 14.8 Å². The van der Waals surface area contributed by atoms with Crippen molar-refractivity contribution in [3.8, 4) is 6.07 Å². The molecule has 154 valence electrons. The van der Waals surface area contributed by atoms with Gasteiger partial charge in [-0.05, 0) is 48.5 Å². The summed E-state index contributed by atoms with van der Waals surface area (Å²) in [7, 11) is 0. The van der Waals surface area contributed by atoms with Gasteiger partial charge in [0.15, 0.2) is 5.58 Å². The molecule has 1 aliphatic heterocycles. The molecule has 3 heterocycles. The lowest BCUT2D eigenvalue weighted by Gasteiger charge is -2.45. The third kappa shape index (κ3) is 4.12. The van der Waals surface area contributed by atoms with Crippen LogP contribution in [0.1, 0.15) is 45.3 Å². The van der Waals surface area contributed by atoms with Crippen molar-refractivity contribution in [1.29, 1.82) is 5.26 Å². The van der Waals surface area contributed by atoms with Gasteiger partial charge in [-0.3, -0.25) is 9.69 Å². The quantitative estimate of drug-likeness (QED) is 0.752. The molecule has 1 saturated heterocycles. The molecule has 29 heavy (non-hydrogen) atoms. The predicted octanol–water partition coefficient (Wildman–Crippen LogP) is 3.74. The molecule has 1 N–H and O–H groups in total. The van der Waals surface area contributed by atoms with Crippen LogP contribution in [-0.4, -0.2) is 58.5 Å². The van der Waals surface area contributed by atoms with Crippen LogP contribution in [0.15, 0.2) is 21.2 Å². The number of anilines is 1. The third-order valence-corrected chi connectivity index (χ3v) is 7.06. The summed E-state index contributed by atoms with van der Waals surface area (Å²) in [5, 5.41) is 13.5. The van der Waals surface area contributed by atoms with E-state index in [1.807, 2.05) is 11.0 Å². The minimum absolute atomic E-state index is 0.180. The number of hydrogen-bond donors (Lipinski definition) is 1. The number of carbonyl (C=O) groups is 1. The Kier molecular flexibility index (Phi) is 5.79. The van der Waals surface area contributed by atoms with Crippen LogP contribution in [0.25, 0.3) is 11.0 Å². The van der Waals surface area contributed by atoms with E-state index in [0.717, 1.165) is 61.0 Å². The zero-order chi connectivity index (χ0) is 20.5. The van der Waals surface area contributed by atoms with E-state index in [1.165, 1.54) is 0 Å². The van der Waals surface area contributed by atoms with E-state index in [0.29, 0.717) is 29.5 Å². The molecule has 0 radical (unpaired) electrons. The maximum atomic E-state index is 11.6. The molecule has 0 bridgehead atoms. The molecule has 8 heteroatoms. The Labute approximate surface area is 179 Å². The normalized spacial score (nSPS) is 25.7. The summed E-state index contributed by atoms with van der Waals surface area (Å²) in [4.78, 5) is 20.7. The van der Waals surface area contributed by atoms with Crippen molar-refractivity contribution in [2.24, 2.45) is 0 Å². The Morgan fingerprint density at radius 1 is 1.34 bits per heavy atom. The number of aromatic nitrogens is 1. The molecule has 2 aromatic rings. The van der Waals surface area contributed by atoms with Crippen molar-refractivity contribution < 1.29 is 9.21 Å². The first-order valence-corrected chi connectivity index (χ1v) is 11.0. The van der Waals surface area contributed by atoms with Crippen LogP contribution in [-0.2, 0) is 4.79 Å². The van der Waals surface area contributed by atoms with Crippen molar-refractivity contribution in [2.75, 3.05) is 25.0 Å². The van der Waals surface area contributed by atoms with Crippen LogP contribution in [0.5, 0.6) is 0 Å². The summed E-state index contributed by atoms with van der Waals surface area (Å²) in [5.41, 5.74) is 0.612. The van der Waals surface area contributed by atoms with E-state index in [9.17, 15) is 4.79 Å². The summed E-state index contributed by atoms with van der Waals surface area (Å²) in [5.74, 6) is 1.27. The second kappa shape index (κ2) is 8.33. The summed E-state index contributed by atoms with van der Waals surface area (Å²) in [6.07, 6.45) is 6.14. The summed E-state index contributed by atoms with van der Waals surface area (Å²) in [6, 6.07) is 5.15. The van der Waals surface area contributed by atoms with Crippen molar-refractivity contribution in [3.63, 3.8) is 0 Å². The lowest BCUT2D eigenvalue weighted by Crippen LogP contribution is -2.57. The fourth-order valence-electron chi connectivity index (χ4n) is 4.68. The van der Waals surface area contributed by atoms with Gasteiger partial charge < -0.3 is 14.6 Å². The molecule has 2 aliphatic rings. The minimum atomic E-state index is 0.180. The Balaban J connectivity index is 1.36. The average Bonchev–Trinajstić information content (AvgIpc) is 3.15. The number of rotatable bonds is 3. The third-order valence-electron chi connectivity index (χ3n) is 6.26. The highest BCUT2D eigenvalue weighted by Gasteiger charge is 2.33. The summed E-state index contributed by atoms with van der Waals surface area (Å²) >= 11 is 3.62. The molecule has 4 rings (SSSR count). The highest BCUT2D eigenvalue weighted by Crippen LogP contribution is 2.34. The van der Waals surface area contributed by atoms with Gasteiger partial charge in [-0.1, -0.05) is 0 Å². The fourth-order valence-corrected chi connectivity index (χ4v) is 5.21. The van der Waals surface area contributed by atoms with Crippen LogP contribution in [0.3, 0.4) is 0 Å². The van der Waals surface area contributed by atoms with Crippen molar-refractivity contribution >= 4 is 38.6 Å². The van der Waals surface area contributed by atoms with Gasteiger partial charge >= 0.3 is 0 Å². The highest BCUT2D eigenvalue weighted by atomic mass is 79.9. The summed E-state index contributed by atoms with van der Waals surface area (Å²) < 4.78 is 6.29. The Morgan fingerprint density at radius 3 is 2.76 bits per heavy atom. The molecule has 0 unspecified atom stereocenters. The number of halogens is 1. The number of piperazine rings is 1. The van der Waals surface area contributed by atoms with Gasteiger partial charge in [0.05, 0.1) is 10.7 Å². The number of carbonyl (C=O) groups excluding carboxylic acids is 1. The Bertz CT molecular complexity index is 944. The number of hydrogen-bond acceptors (Lipinski definition) is 6. The Hall–Kier alpha value is -2.11. The number of nitriles is 1. The lowest BCUT2D eigenvalue weighted by atomic mass is 9.89. The number of amides is 1. The molecule has 7 nitrogen and oxygen atoms in total. The molecule has 1 aliphatic carbocycles. The van der Waals surface area contributed by atoms with Crippen LogP contribution in [0, 0.1) is 11.3 Å². The highest BCUT2D eigenvalue weighted by molar-refractivity contribution is 9.10. The topological polar surface area (TPSA) is 85.4 Å². The monoisotopic (exact) mass is 459 g/mol.